The number of hydrogen-bond donors (Lipinski definition) is 3. The van der Waals surface area contributed by atoms with Crippen LogP contribution < -0.4 is 5.32 Å². The molecule has 0 saturated heterocycles. The quantitative estimate of drug-likeness (QED) is 0.776. The zero-order chi connectivity index (χ0) is 13.8. The van der Waals surface area contributed by atoms with Gasteiger partial charge in [-0.1, -0.05) is 36.2 Å². The Balaban J connectivity index is 3.02. The highest BCUT2D eigenvalue weighted by Gasteiger charge is 2.30. The second-order valence-corrected chi connectivity index (χ2v) is 4.82. The maximum absolute atomic E-state index is 12.1. The van der Waals surface area contributed by atoms with Crippen LogP contribution in [0.5, 0.6) is 0 Å². The van der Waals surface area contributed by atoms with Gasteiger partial charge in [-0.05, 0) is 18.6 Å². The number of benzene rings is 1. The molecule has 0 aliphatic heterocycles. The van der Waals surface area contributed by atoms with E-state index in [1.807, 2.05) is 0 Å². The number of carbonyl (C=O) groups excluding carboxylic acids is 1. The molecule has 0 heterocycles. The highest BCUT2D eigenvalue weighted by Crippen LogP contribution is 2.25. The van der Waals surface area contributed by atoms with E-state index in [2.05, 4.69) is 5.32 Å². The molecule has 0 aliphatic carbocycles. The fraction of sp³-hybridized carbons (Fsp3) is 0.417. The molecule has 1 aromatic carbocycles. The molecule has 3 N–H and O–H groups in total. The fourth-order valence-electron chi connectivity index (χ4n) is 1.46. The van der Waals surface area contributed by atoms with Crippen LogP contribution in [-0.4, -0.2) is 34.9 Å². The van der Waals surface area contributed by atoms with Crippen molar-refractivity contribution < 1.29 is 15.0 Å². The third kappa shape index (κ3) is 3.14. The number of halogens is 2. The molecular weight excluding hydrogens is 277 g/mol. The first-order valence-corrected chi connectivity index (χ1v) is 6.23. The van der Waals surface area contributed by atoms with Crippen molar-refractivity contribution in [3.05, 3.63) is 33.8 Å². The Bertz CT molecular complexity index is 405. The maximum Gasteiger partial charge on any atom is 0.254 e. The van der Waals surface area contributed by atoms with Gasteiger partial charge >= 0.3 is 0 Å². The van der Waals surface area contributed by atoms with Gasteiger partial charge in [-0.25, -0.2) is 0 Å². The molecule has 0 atom stereocenters. The average Bonchev–Trinajstić information content (AvgIpc) is 2.36. The van der Waals surface area contributed by atoms with Crippen LogP contribution in [0.25, 0.3) is 0 Å². The van der Waals surface area contributed by atoms with Gasteiger partial charge in [0.25, 0.3) is 5.91 Å². The van der Waals surface area contributed by atoms with Crippen molar-refractivity contribution in [2.45, 2.75) is 18.9 Å². The standard InChI is InChI=1S/C12H15Cl2NO3/c1-2-12(6-16,7-17)15-11(18)10-8(13)4-3-5-9(10)14/h3-5,16-17H,2,6-7H2,1H3,(H,15,18). The van der Waals surface area contributed by atoms with Crippen LogP contribution in [0.1, 0.15) is 23.7 Å². The van der Waals surface area contributed by atoms with E-state index in [1.165, 1.54) is 0 Å². The Kier molecular flexibility index (Phi) is 5.41. The lowest BCUT2D eigenvalue weighted by atomic mass is 9.98. The van der Waals surface area contributed by atoms with E-state index in [-0.39, 0.29) is 28.8 Å². The lowest BCUT2D eigenvalue weighted by molar-refractivity contribution is 0.0653. The summed E-state index contributed by atoms with van der Waals surface area (Å²) in [5.41, 5.74) is -0.930. The molecule has 1 amide bonds. The fourth-order valence-corrected chi connectivity index (χ4v) is 2.03. The largest absolute Gasteiger partial charge is 0.394 e. The minimum atomic E-state index is -1.07. The first-order valence-electron chi connectivity index (χ1n) is 5.48. The zero-order valence-corrected chi connectivity index (χ0v) is 11.4. The SMILES string of the molecule is CCC(CO)(CO)NC(=O)c1c(Cl)cccc1Cl. The van der Waals surface area contributed by atoms with Crippen molar-refractivity contribution in [1.29, 1.82) is 0 Å². The van der Waals surface area contributed by atoms with Gasteiger partial charge in [-0.3, -0.25) is 4.79 Å². The molecule has 0 spiro atoms. The zero-order valence-electron chi connectivity index (χ0n) is 9.91. The van der Waals surface area contributed by atoms with Gasteiger partial charge in [0.1, 0.15) is 0 Å². The smallest absolute Gasteiger partial charge is 0.254 e. The molecular formula is C12H15Cl2NO3. The molecule has 18 heavy (non-hydrogen) atoms. The summed E-state index contributed by atoms with van der Waals surface area (Å²) in [7, 11) is 0. The summed E-state index contributed by atoms with van der Waals surface area (Å²) in [6, 6.07) is 4.73. The van der Waals surface area contributed by atoms with Crippen LogP contribution in [0.2, 0.25) is 10.0 Å². The monoisotopic (exact) mass is 291 g/mol. The van der Waals surface area contributed by atoms with Crippen molar-refractivity contribution in [3.8, 4) is 0 Å². The molecule has 1 rings (SSSR count). The van der Waals surface area contributed by atoms with Crippen LogP contribution in [0, 0.1) is 0 Å². The molecule has 0 fully saturated rings. The minimum Gasteiger partial charge on any atom is -0.394 e. The molecule has 0 bridgehead atoms. The maximum atomic E-state index is 12.1. The van der Waals surface area contributed by atoms with Gasteiger partial charge in [0, 0.05) is 0 Å². The second-order valence-electron chi connectivity index (χ2n) is 4.00. The van der Waals surface area contributed by atoms with Gasteiger partial charge in [-0.2, -0.15) is 0 Å². The van der Waals surface area contributed by atoms with Crippen LogP contribution in [0.15, 0.2) is 18.2 Å². The van der Waals surface area contributed by atoms with Crippen molar-refractivity contribution in [1.82, 2.24) is 5.32 Å². The second kappa shape index (κ2) is 6.38. The highest BCUT2D eigenvalue weighted by atomic mass is 35.5. The van der Waals surface area contributed by atoms with Gasteiger partial charge < -0.3 is 15.5 Å². The predicted molar refractivity (Wildman–Crippen MR) is 71.1 cm³/mol. The summed E-state index contributed by atoms with van der Waals surface area (Å²) in [4.78, 5) is 12.1. The number of nitrogens with one attached hydrogen (secondary N) is 1. The minimum absolute atomic E-state index is 0.139. The summed E-state index contributed by atoms with van der Waals surface area (Å²) < 4.78 is 0. The molecule has 0 unspecified atom stereocenters. The number of aliphatic hydroxyl groups excluding tert-OH is 2. The number of amides is 1. The first kappa shape index (κ1) is 15.2. The third-order valence-electron chi connectivity index (χ3n) is 2.85. The normalized spacial score (nSPS) is 11.4. The molecule has 6 heteroatoms. The van der Waals surface area contributed by atoms with E-state index in [0.29, 0.717) is 6.42 Å². The van der Waals surface area contributed by atoms with Crippen molar-refractivity contribution in [2.75, 3.05) is 13.2 Å². The van der Waals surface area contributed by atoms with Crippen molar-refractivity contribution in [3.63, 3.8) is 0 Å². The Labute approximate surface area is 116 Å². The Hall–Kier alpha value is -0.810. The molecule has 0 aliphatic rings. The Morgan fingerprint density at radius 1 is 1.28 bits per heavy atom. The lowest BCUT2D eigenvalue weighted by Gasteiger charge is -2.30. The van der Waals surface area contributed by atoms with Gasteiger partial charge in [0.2, 0.25) is 0 Å². The summed E-state index contributed by atoms with van der Waals surface area (Å²) in [5.74, 6) is -0.518. The molecule has 100 valence electrons. The molecule has 0 aromatic heterocycles. The number of rotatable bonds is 5. The first-order chi connectivity index (χ1) is 8.49. The average molecular weight is 292 g/mol. The highest BCUT2D eigenvalue weighted by molar-refractivity contribution is 6.39. The van der Waals surface area contributed by atoms with Crippen LogP contribution in [0.4, 0.5) is 0 Å². The summed E-state index contributed by atoms with van der Waals surface area (Å²) in [6.07, 6.45) is 0.383. The van der Waals surface area contributed by atoms with Gasteiger partial charge in [0.15, 0.2) is 0 Å². The summed E-state index contributed by atoms with van der Waals surface area (Å²) >= 11 is 11.8. The van der Waals surface area contributed by atoms with Crippen molar-refractivity contribution in [2.24, 2.45) is 0 Å². The number of hydrogen-bond acceptors (Lipinski definition) is 3. The van der Waals surface area contributed by atoms with Gasteiger partial charge in [-0.15, -0.1) is 0 Å². The van der Waals surface area contributed by atoms with E-state index in [1.54, 1.807) is 25.1 Å². The molecule has 1 aromatic rings. The number of aliphatic hydroxyl groups is 2. The van der Waals surface area contributed by atoms with E-state index in [9.17, 15) is 15.0 Å². The summed E-state index contributed by atoms with van der Waals surface area (Å²) in [5, 5.41) is 21.6. The van der Waals surface area contributed by atoms with E-state index >= 15 is 0 Å². The third-order valence-corrected chi connectivity index (χ3v) is 3.48. The van der Waals surface area contributed by atoms with Gasteiger partial charge in [0.05, 0.1) is 34.4 Å². The van der Waals surface area contributed by atoms with Crippen LogP contribution in [-0.2, 0) is 0 Å². The van der Waals surface area contributed by atoms with Crippen molar-refractivity contribution >= 4 is 29.1 Å². The lowest BCUT2D eigenvalue weighted by Crippen LogP contribution is -2.53. The van der Waals surface area contributed by atoms with Crippen LogP contribution in [0.3, 0.4) is 0 Å². The Morgan fingerprint density at radius 2 is 1.78 bits per heavy atom. The molecule has 0 saturated carbocycles. The molecule has 0 radical (unpaired) electrons. The predicted octanol–water partition coefficient (Wildman–Crippen LogP) is 1.86. The van der Waals surface area contributed by atoms with Crippen LogP contribution >= 0.6 is 23.2 Å². The van der Waals surface area contributed by atoms with E-state index < -0.39 is 11.4 Å². The van der Waals surface area contributed by atoms with E-state index in [4.69, 9.17) is 23.2 Å². The topological polar surface area (TPSA) is 69.6 Å². The molecule has 4 nitrogen and oxygen atoms in total. The Morgan fingerprint density at radius 3 is 2.17 bits per heavy atom. The summed E-state index contributed by atoms with van der Waals surface area (Å²) in [6.45, 7) is 1.02. The van der Waals surface area contributed by atoms with E-state index in [0.717, 1.165) is 0 Å². The number of carbonyl (C=O) groups is 1.